The number of carbonyl (C=O) groups excluding carboxylic acids is 1. The Hall–Kier alpha value is -2.83. The Morgan fingerprint density at radius 1 is 1.33 bits per heavy atom. The van der Waals surface area contributed by atoms with E-state index in [1.165, 1.54) is 25.3 Å². The summed E-state index contributed by atoms with van der Waals surface area (Å²) >= 11 is 0.828. The van der Waals surface area contributed by atoms with E-state index in [1.807, 2.05) is 0 Å². The summed E-state index contributed by atoms with van der Waals surface area (Å²) in [6, 6.07) is 6.27. The van der Waals surface area contributed by atoms with Crippen LogP contribution < -0.4 is 15.6 Å². The van der Waals surface area contributed by atoms with Crippen LogP contribution in [0.4, 0.5) is 5.13 Å². The molecule has 2 N–H and O–H groups in total. The fourth-order valence-electron chi connectivity index (χ4n) is 2.11. The summed E-state index contributed by atoms with van der Waals surface area (Å²) in [5.41, 5.74) is 0.0973. The molecule has 3 aromatic rings. The third kappa shape index (κ3) is 4.67. The number of rotatable bonds is 7. The zero-order valence-corrected chi connectivity index (χ0v) is 15.7. The maximum atomic E-state index is 12.3. The van der Waals surface area contributed by atoms with Gasteiger partial charge in [0.05, 0.1) is 19.0 Å². The van der Waals surface area contributed by atoms with Crippen molar-refractivity contribution in [3.05, 3.63) is 47.1 Å². The summed E-state index contributed by atoms with van der Waals surface area (Å²) in [4.78, 5) is 26.7. The van der Waals surface area contributed by atoms with E-state index in [0.29, 0.717) is 11.5 Å². The first-order valence-electron chi connectivity index (χ1n) is 7.70. The highest BCUT2D eigenvalue weighted by atomic mass is 32.2. The van der Waals surface area contributed by atoms with Gasteiger partial charge in [-0.25, -0.2) is 22.8 Å². The highest BCUT2D eigenvalue weighted by Crippen LogP contribution is 2.22. The van der Waals surface area contributed by atoms with Crippen LogP contribution in [-0.4, -0.2) is 35.6 Å². The average Bonchev–Trinajstić information content (AvgIpc) is 3.28. The number of hydrogen-bond acceptors (Lipinski definition) is 8. The van der Waals surface area contributed by atoms with E-state index in [9.17, 15) is 18.0 Å². The van der Waals surface area contributed by atoms with Crippen LogP contribution in [0.2, 0.25) is 0 Å². The molecule has 10 nitrogen and oxygen atoms in total. The van der Waals surface area contributed by atoms with Crippen LogP contribution in [0.5, 0.6) is 0 Å². The summed E-state index contributed by atoms with van der Waals surface area (Å²) in [6.07, 6.45) is 2.64. The predicted molar refractivity (Wildman–Crippen MR) is 97.8 cm³/mol. The van der Waals surface area contributed by atoms with Crippen LogP contribution in [0.1, 0.15) is 6.92 Å². The Morgan fingerprint density at radius 2 is 2.15 bits per heavy atom. The van der Waals surface area contributed by atoms with Crippen molar-refractivity contribution in [1.82, 2.24) is 19.5 Å². The second-order valence-corrected chi connectivity index (χ2v) is 8.35. The number of nitrogens with one attached hydrogen (secondary N) is 2. The Morgan fingerprint density at radius 3 is 2.85 bits per heavy atom. The van der Waals surface area contributed by atoms with Gasteiger partial charge in [-0.2, -0.15) is 5.10 Å². The average molecular weight is 409 g/mol. The number of nitrogens with zero attached hydrogens (tertiary/aromatic N) is 3. The summed E-state index contributed by atoms with van der Waals surface area (Å²) < 4.78 is 33.3. The lowest BCUT2D eigenvalue weighted by molar-refractivity contribution is -0.114. The van der Waals surface area contributed by atoms with Gasteiger partial charge in [-0.3, -0.25) is 9.59 Å². The van der Waals surface area contributed by atoms with Crippen molar-refractivity contribution < 1.29 is 17.6 Å². The number of aromatic nitrogens is 3. The zero-order chi connectivity index (χ0) is 19.4. The van der Waals surface area contributed by atoms with Crippen molar-refractivity contribution in [2.45, 2.75) is 17.7 Å². The first-order valence-corrected chi connectivity index (χ1v) is 10.0. The Kier molecular flexibility index (Phi) is 5.48. The van der Waals surface area contributed by atoms with Gasteiger partial charge in [0.1, 0.15) is 5.69 Å². The van der Waals surface area contributed by atoms with Crippen LogP contribution in [0.3, 0.4) is 0 Å². The number of furan rings is 1. The first kappa shape index (κ1) is 18.9. The standard InChI is InChI=1S/C15H15N5O5S2/c1-10(21)18-15-16-9-14(26-15)27(23,24)17-6-7-20-13(22)5-4-11(19-20)12-3-2-8-25-12/h2-5,8-9,17H,6-7H2,1H3,(H,16,18,21). The molecule has 0 aliphatic rings. The summed E-state index contributed by atoms with van der Waals surface area (Å²) in [5.74, 6) is 0.155. The molecule has 12 heteroatoms. The van der Waals surface area contributed by atoms with E-state index in [4.69, 9.17) is 4.42 Å². The molecule has 0 aliphatic heterocycles. The number of amides is 1. The molecule has 0 aliphatic carbocycles. The van der Waals surface area contributed by atoms with Crippen LogP contribution >= 0.6 is 11.3 Å². The third-order valence-electron chi connectivity index (χ3n) is 3.29. The molecule has 0 aromatic carbocycles. The quantitative estimate of drug-likeness (QED) is 0.591. The molecule has 0 saturated heterocycles. The van der Waals surface area contributed by atoms with Crippen molar-refractivity contribution in [3.63, 3.8) is 0 Å². The SMILES string of the molecule is CC(=O)Nc1ncc(S(=O)(=O)NCCn2nc(-c3ccco3)ccc2=O)s1. The molecule has 0 radical (unpaired) electrons. The van der Waals surface area contributed by atoms with Crippen molar-refractivity contribution in [1.29, 1.82) is 0 Å². The van der Waals surface area contributed by atoms with Crippen molar-refractivity contribution in [2.75, 3.05) is 11.9 Å². The number of sulfonamides is 1. The molecule has 0 saturated carbocycles. The van der Waals surface area contributed by atoms with Gasteiger partial charge in [-0.15, -0.1) is 0 Å². The number of hydrogen-bond donors (Lipinski definition) is 2. The van der Waals surface area contributed by atoms with Crippen LogP contribution in [0.15, 0.2) is 50.1 Å². The Bertz CT molecular complexity index is 1100. The van der Waals surface area contributed by atoms with Crippen LogP contribution in [0.25, 0.3) is 11.5 Å². The molecular weight excluding hydrogens is 394 g/mol. The van der Waals surface area contributed by atoms with Crippen molar-refractivity contribution in [3.8, 4) is 11.5 Å². The molecule has 3 heterocycles. The van der Waals surface area contributed by atoms with Crippen LogP contribution in [0, 0.1) is 0 Å². The van der Waals surface area contributed by atoms with E-state index in [-0.39, 0.29) is 33.9 Å². The largest absolute Gasteiger partial charge is 0.463 e. The monoisotopic (exact) mass is 409 g/mol. The molecular formula is C15H15N5O5S2. The number of anilines is 1. The Labute approximate surface area is 157 Å². The molecule has 142 valence electrons. The fraction of sp³-hybridized carbons (Fsp3) is 0.200. The minimum atomic E-state index is -3.82. The maximum absolute atomic E-state index is 12.3. The molecule has 0 spiro atoms. The van der Waals surface area contributed by atoms with Gasteiger partial charge < -0.3 is 9.73 Å². The minimum Gasteiger partial charge on any atom is -0.463 e. The molecule has 0 fully saturated rings. The second kappa shape index (κ2) is 7.82. The lowest BCUT2D eigenvalue weighted by Gasteiger charge is -2.07. The highest BCUT2D eigenvalue weighted by molar-refractivity contribution is 7.91. The topological polar surface area (TPSA) is 136 Å². The third-order valence-corrected chi connectivity index (χ3v) is 6.12. The van der Waals surface area contributed by atoms with Crippen LogP contribution in [-0.2, 0) is 21.4 Å². The zero-order valence-electron chi connectivity index (χ0n) is 14.1. The minimum absolute atomic E-state index is 0.0317. The molecule has 0 atom stereocenters. The van der Waals surface area contributed by atoms with Gasteiger partial charge in [0, 0.05) is 19.5 Å². The van der Waals surface area contributed by atoms with Crippen molar-refractivity contribution >= 4 is 32.4 Å². The fourth-order valence-corrected chi connectivity index (χ4v) is 4.26. The van der Waals surface area contributed by atoms with Crippen molar-refractivity contribution in [2.24, 2.45) is 0 Å². The molecule has 0 bridgehead atoms. The van der Waals surface area contributed by atoms with Gasteiger partial charge in [0.15, 0.2) is 15.1 Å². The molecule has 1 amide bonds. The molecule has 27 heavy (non-hydrogen) atoms. The van der Waals surface area contributed by atoms with Gasteiger partial charge in [-0.05, 0) is 18.2 Å². The van der Waals surface area contributed by atoms with Gasteiger partial charge in [-0.1, -0.05) is 11.3 Å². The molecule has 3 rings (SSSR count). The van der Waals surface area contributed by atoms with E-state index < -0.39 is 10.0 Å². The maximum Gasteiger partial charge on any atom is 0.266 e. The second-order valence-electron chi connectivity index (χ2n) is 5.32. The lowest BCUT2D eigenvalue weighted by Crippen LogP contribution is -2.31. The van der Waals surface area contributed by atoms with E-state index in [1.54, 1.807) is 12.1 Å². The number of carbonyl (C=O) groups is 1. The molecule has 3 aromatic heterocycles. The van der Waals surface area contributed by atoms with Gasteiger partial charge in [0.2, 0.25) is 5.91 Å². The van der Waals surface area contributed by atoms with E-state index in [2.05, 4.69) is 20.1 Å². The van der Waals surface area contributed by atoms with E-state index in [0.717, 1.165) is 22.2 Å². The highest BCUT2D eigenvalue weighted by Gasteiger charge is 2.18. The Balaban J connectivity index is 1.67. The predicted octanol–water partition coefficient (Wildman–Crippen LogP) is 0.897. The smallest absolute Gasteiger partial charge is 0.266 e. The summed E-state index contributed by atoms with van der Waals surface area (Å²) in [5, 5.41) is 6.77. The normalized spacial score (nSPS) is 11.4. The van der Waals surface area contributed by atoms with Gasteiger partial charge in [0.25, 0.3) is 15.6 Å². The summed E-state index contributed by atoms with van der Waals surface area (Å²) in [7, 11) is -3.82. The van der Waals surface area contributed by atoms with E-state index >= 15 is 0 Å². The molecule has 0 unspecified atom stereocenters. The summed E-state index contributed by atoms with van der Waals surface area (Å²) in [6.45, 7) is 1.28. The first-order chi connectivity index (χ1) is 12.8. The number of thiazole rings is 1. The van der Waals surface area contributed by atoms with Gasteiger partial charge >= 0.3 is 0 Å². The lowest BCUT2D eigenvalue weighted by atomic mass is 10.3.